The van der Waals surface area contributed by atoms with Gasteiger partial charge in [-0.1, -0.05) is 44.5 Å². The minimum absolute atomic E-state index is 0.0245. The maximum Gasteiger partial charge on any atom is 0.285 e. The van der Waals surface area contributed by atoms with Crippen LogP contribution < -0.4 is 5.32 Å². The van der Waals surface area contributed by atoms with E-state index in [0.717, 1.165) is 19.6 Å². The number of carbonyl (C=O) groups excluding carboxylic acids is 1. The predicted octanol–water partition coefficient (Wildman–Crippen LogP) is 3.60. The molecule has 0 aliphatic carbocycles. The van der Waals surface area contributed by atoms with Crippen LogP contribution in [0.2, 0.25) is 0 Å². The summed E-state index contributed by atoms with van der Waals surface area (Å²) in [4.78, 5) is 17.4. The molecule has 2 fully saturated rings. The Kier molecular flexibility index (Phi) is 7.77. The molecule has 1 aromatic rings. The summed E-state index contributed by atoms with van der Waals surface area (Å²) in [6, 6.07) is 7.74. The number of nitrogens with zero attached hydrogens (tertiary/aromatic N) is 3. The highest BCUT2D eigenvalue weighted by atomic mass is 32.2. The number of benzene rings is 1. The summed E-state index contributed by atoms with van der Waals surface area (Å²) in [5.74, 6) is 1.02. The van der Waals surface area contributed by atoms with Gasteiger partial charge in [-0.05, 0) is 62.7 Å². The highest BCUT2D eigenvalue weighted by molar-refractivity contribution is 8.00. The molecular formula is C26H38N4O3S. The maximum atomic E-state index is 12.9. The Morgan fingerprint density at radius 2 is 1.71 bits per heavy atom. The van der Waals surface area contributed by atoms with Gasteiger partial charge in [0.15, 0.2) is 0 Å². The number of nitrogens with one attached hydrogen (secondary N) is 1. The van der Waals surface area contributed by atoms with E-state index < -0.39 is 10.0 Å². The van der Waals surface area contributed by atoms with Gasteiger partial charge in [0.05, 0.1) is 0 Å². The Morgan fingerprint density at radius 1 is 1.06 bits per heavy atom. The third kappa shape index (κ3) is 5.54. The minimum Gasteiger partial charge on any atom is -0.356 e. The monoisotopic (exact) mass is 486 g/mol. The zero-order valence-electron chi connectivity index (χ0n) is 20.7. The number of carbonyl (C=O) groups is 1. The maximum absolute atomic E-state index is 12.9. The fourth-order valence-corrected chi connectivity index (χ4v) is 6.70. The van der Waals surface area contributed by atoms with E-state index >= 15 is 0 Å². The molecule has 0 radical (unpaired) electrons. The van der Waals surface area contributed by atoms with Crippen LogP contribution in [0.1, 0.15) is 69.9 Å². The quantitative estimate of drug-likeness (QED) is 0.664. The number of hydrogen-bond acceptors (Lipinski definition) is 5. The topological polar surface area (TPSA) is 82.1 Å². The van der Waals surface area contributed by atoms with E-state index in [4.69, 9.17) is 0 Å². The summed E-state index contributed by atoms with van der Waals surface area (Å²) in [6.45, 7) is 11.2. The first-order chi connectivity index (χ1) is 16.3. The van der Waals surface area contributed by atoms with Gasteiger partial charge in [-0.25, -0.2) is 0 Å². The zero-order chi connectivity index (χ0) is 24.3. The van der Waals surface area contributed by atoms with Gasteiger partial charge < -0.3 is 15.1 Å². The van der Waals surface area contributed by atoms with Crippen LogP contribution in [0.4, 0.5) is 0 Å². The van der Waals surface area contributed by atoms with Crippen LogP contribution in [0.5, 0.6) is 0 Å². The van der Waals surface area contributed by atoms with Crippen molar-refractivity contribution < 1.29 is 13.2 Å². The molecule has 1 N–H and O–H groups in total. The minimum atomic E-state index is -3.73. The Morgan fingerprint density at radius 3 is 2.32 bits per heavy atom. The summed E-state index contributed by atoms with van der Waals surface area (Å²) in [5, 5.41) is 3.11. The summed E-state index contributed by atoms with van der Waals surface area (Å²) < 4.78 is 30.0. The number of rotatable bonds is 6. The molecule has 0 spiro atoms. The molecule has 3 heterocycles. The van der Waals surface area contributed by atoms with Gasteiger partial charge in [0.25, 0.3) is 10.0 Å². The lowest BCUT2D eigenvalue weighted by Gasteiger charge is -2.33. The van der Waals surface area contributed by atoms with E-state index in [9.17, 15) is 13.2 Å². The van der Waals surface area contributed by atoms with Crippen molar-refractivity contribution in [2.24, 2.45) is 10.3 Å². The molecule has 0 bridgehead atoms. The van der Waals surface area contributed by atoms with Crippen LogP contribution in [0.3, 0.4) is 0 Å². The normalized spacial score (nSPS) is 21.8. The Balaban J connectivity index is 1.34. The van der Waals surface area contributed by atoms with Crippen molar-refractivity contribution >= 4 is 26.7 Å². The van der Waals surface area contributed by atoms with Crippen LogP contribution in [0, 0.1) is 5.92 Å². The SMILES string of the molecule is CC1=C(c2ccc(C(C)C)cc2)S(=O)(=O)N=C1N1CCC(C(=O)NCCN2CCCCC2)CC1. The van der Waals surface area contributed by atoms with Crippen LogP contribution in [-0.2, 0) is 14.8 Å². The Hall–Kier alpha value is -2.19. The van der Waals surface area contributed by atoms with Crippen molar-refractivity contribution in [3.63, 3.8) is 0 Å². The van der Waals surface area contributed by atoms with Crippen molar-refractivity contribution in [3.05, 3.63) is 41.0 Å². The van der Waals surface area contributed by atoms with E-state index in [1.165, 1.54) is 24.8 Å². The molecule has 0 atom stereocenters. The average molecular weight is 487 g/mol. The molecule has 7 nitrogen and oxygen atoms in total. The largest absolute Gasteiger partial charge is 0.356 e. The third-order valence-electron chi connectivity index (χ3n) is 7.32. The fourth-order valence-electron chi connectivity index (χ4n) is 5.22. The molecule has 2 saturated heterocycles. The van der Waals surface area contributed by atoms with E-state index in [1.54, 1.807) is 0 Å². The number of hydrogen-bond donors (Lipinski definition) is 1. The van der Waals surface area contributed by atoms with E-state index in [-0.39, 0.29) is 11.8 Å². The van der Waals surface area contributed by atoms with Crippen LogP contribution in [0.15, 0.2) is 34.2 Å². The summed E-state index contributed by atoms with van der Waals surface area (Å²) >= 11 is 0. The molecular weight excluding hydrogens is 448 g/mol. The van der Waals surface area contributed by atoms with Gasteiger partial charge in [0, 0.05) is 37.7 Å². The highest BCUT2D eigenvalue weighted by Crippen LogP contribution is 2.35. The Labute approximate surface area is 204 Å². The first kappa shape index (κ1) is 24.9. The summed E-state index contributed by atoms with van der Waals surface area (Å²) in [7, 11) is -3.73. The molecule has 4 rings (SSSR count). The van der Waals surface area contributed by atoms with E-state index in [2.05, 4.69) is 28.5 Å². The summed E-state index contributed by atoms with van der Waals surface area (Å²) in [6.07, 6.45) is 5.24. The molecule has 8 heteroatoms. The van der Waals surface area contributed by atoms with Gasteiger partial charge in [-0.15, -0.1) is 4.40 Å². The van der Waals surface area contributed by atoms with Crippen molar-refractivity contribution in [1.82, 2.24) is 15.1 Å². The second kappa shape index (κ2) is 10.6. The van der Waals surface area contributed by atoms with Crippen molar-refractivity contribution in [2.45, 2.75) is 58.8 Å². The van der Waals surface area contributed by atoms with Crippen LogP contribution in [-0.4, -0.2) is 69.2 Å². The number of amides is 1. The lowest BCUT2D eigenvalue weighted by Crippen LogP contribution is -2.44. The average Bonchev–Trinajstić information content (AvgIpc) is 3.08. The van der Waals surface area contributed by atoms with Crippen molar-refractivity contribution in [2.75, 3.05) is 39.3 Å². The number of piperidine rings is 2. The van der Waals surface area contributed by atoms with Crippen molar-refractivity contribution in [1.29, 1.82) is 0 Å². The smallest absolute Gasteiger partial charge is 0.285 e. The molecule has 3 aliphatic rings. The standard InChI is InChI=1S/C26H38N4O3S/c1-19(2)21-7-9-22(10-8-21)24-20(3)25(28-34(24,32)33)30-16-11-23(12-17-30)26(31)27-13-18-29-14-5-4-6-15-29/h7-10,19,23H,4-6,11-18H2,1-3H3,(H,27,31). The summed E-state index contributed by atoms with van der Waals surface area (Å²) in [5.41, 5.74) is 2.56. The molecule has 1 aromatic carbocycles. The fraction of sp³-hybridized carbons (Fsp3) is 0.615. The van der Waals surface area contributed by atoms with E-state index in [0.29, 0.717) is 60.3 Å². The van der Waals surface area contributed by atoms with Crippen LogP contribution >= 0.6 is 0 Å². The van der Waals surface area contributed by atoms with E-state index in [1.807, 2.05) is 36.1 Å². The first-order valence-corrected chi connectivity index (χ1v) is 14.1. The van der Waals surface area contributed by atoms with Gasteiger partial charge in [0.1, 0.15) is 10.7 Å². The Bertz CT molecular complexity index is 1050. The lowest BCUT2D eigenvalue weighted by atomic mass is 9.95. The predicted molar refractivity (Wildman–Crippen MR) is 137 cm³/mol. The van der Waals surface area contributed by atoms with Gasteiger partial charge in [-0.2, -0.15) is 8.42 Å². The highest BCUT2D eigenvalue weighted by Gasteiger charge is 2.35. The first-order valence-electron chi connectivity index (χ1n) is 12.7. The molecule has 0 unspecified atom stereocenters. The molecule has 34 heavy (non-hydrogen) atoms. The molecule has 0 saturated carbocycles. The van der Waals surface area contributed by atoms with Gasteiger partial charge in [0.2, 0.25) is 5.91 Å². The number of likely N-dealkylation sites (tertiary alicyclic amines) is 2. The molecule has 186 valence electrons. The van der Waals surface area contributed by atoms with Gasteiger partial charge in [-0.3, -0.25) is 4.79 Å². The number of sulfonamides is 1. The van der Waals surface area contributed by atoms with Crippen molar-refractivity contribution in [3.8, 4) is 0 Å². The molecule has 3 aliphatic heterocycles. The van der Waals surface area contributed by atoms with Crippen LogP contribution in [0.25, 0.3) is 4.91 Å². The third-order valence-corrected chi connectivity index (χ3v) is 8.79. The molecule has 0 aromatic heterocycles. The second-order valence-electron chi connectivity index (χ2n) is 10.1. The molecule has 1 amide bonds. The second-order valence-corrected chi connectivity index (χ2v) is 11.6. The number of amidine groups is 1. The van der Waals surface area contributed by atoms with Gasteiger partial charge >= 0.3 is 0 Å². The lowest BCUT2D eigenvalue weighted by molar-refractivity contribution is -0.126. The zero-order valence-corrected chi connectivity index (χ0v) is 21.5.